The minimum Gasteiger partial charge on any atom is -0.465 e. The second-order valence-electron chi connectivity index (χ2n) is 3.07. The molecule has 0 aliphatic carbocycles. The largest absolute Gasteiger partial charge is 0.465 e. The number of thiophene rings is 1. The molecule has 1 rings (SSSR count). The molecule has 0 unspecified atom stereocenters. The van der Waals surface area contributed by atoms with Crippen LogP contribution in [-0.2, 0) is 9.53 Å². The van der Waals surface area contributed by atoms with Gasteiger partial charge in [0.1, 0.15) is 6.54 Å². The van der Waals surface area contributed by atoms with Gasteiger partial charge in [-0.2, -0.15) is 0 Å². The number of nitrogens with zero attached hydrogens (tertiary/aromatic N) is 1. The Hall–Kier alpha value is -1.07. The maximum absolute atomic E-state index is 11.8. The van der Waals surface area contributed by atoms with E-state index < -0.39 is 5.97 Å². The molecule has 0 N–H and O–H groups in total. The maximum atomic E-state index is 11.8. The topological polar surface area (TPSA) is 46.6 Å². The van der Waals surface area contributed by atoms with Gasteiger partial charge in [-0.3, -0.25) is 9.59 Å². The van der Waals surface area contributed by atoms with Crippen molar-refractivity contribution in [2.24, 2.45) is 0 Å². The van der Waals surface area contributed by atoms with Crippen LogP contribution in [0.3, 0.4) is 0 Å². The molecule has 16 heavy (non-hydrogen) atoms. The van der Waals surface area contributed by atoms with E-state index in [1.54, 1.807) is 26.1 Å². The Kier molecular flexibility index (Phi) is 4.76. The standard InChI is InChI=1S/C10H12ClNO3S/c1-3-15-9(13)6-12(2)10(14)7-4-5-8(11)16-7/h4-5H,3,6H2,1-2H3. The summed E-state index contributed by atoms with van der Waals surface area (Å²) in [7, 11) is 1.55. The van der Waals surface area contributed by atoms with Crippen LogP contribution in [0.1, 0.15) is 16.6 Å². The summed E-state index contributed by atoms with van der Waals surface area (Å²) in [6, 6.07) is 3.29. The third-order valence-electron chi connectivity index (χ3n) is 1.80. The zero-order valence-electron chi connectivity index (χ0n) is 9.03. The number of rotatable bonds is 4. The SMILES string of the molecule is CCOC(=O)CN(C)C(=O)c1ccc(Cl)s1. The molecule has 88 valence electrons. The first-order chi connectivity index (χ1) is 7.54. The highest BCUT2D eigenvalue weighted by atomic mass is 35.5. The summed E-state index contributed by atoms with van der Waals surface area (Å²) in [5, 5.41) is 0. The van der Waals surface area contributed by atoms with Crippen molar-refractivity contribution in [3.63, 3.8) is 0 Å². The molecule has 0 bridgehead atoms. The first-order valence-electron chi connectivity index (χ1n) is 4.71. The average Bonchev–Trinajstić information content (AvgIpc) is 2.64. The first-order valence-corrected chi connectivity index (χ1v) is 5.90. The number of amides is 1. The second kappa shape index (κ2) is 5.86. The van der Waals surface area contributed by atoms with Gasteiger partial charge in [0, 0.05) is 7.05 Å². The summed E-state index contributed by atoms with van der Waals surface area (Å²) >= 11 is 6.91. The van der Waals surface area contributed by atoms with Crippen molar-refractivity contribution in [2.75, 3.05) is 20.2 Å². The molecule has 4 nitrogen and oxygen atoms in total. The van der Waals surface area contributed by atoms with Crippen molar-refractivity contribution in [1.82, 2.24) is 4.90 Å². The lowest BCUT2D eigenvalue weighted by atomic mass is 10.4. The number of hydrogen-bond donors (Lipinski definition) is 0. The highest BCUT2D eigenvalue weighted by molar-refractivity contribution is 7.17. The molecule has 0 aromatic carbocycles. The molecule has 6 heteroatoms. The molecule has 1 aromatic heterocycles. The van der Waals surface area contributed by atoms with Gasteiger partial charge in [-0.1, -0.05) is 11.6 Å². The van der Waals surface area contributed by atoms with Crippen LogP contribution in [0.2, 0.25) is 4.34 Å². The number of ether oxygens (including phenoxy) is 1. The van der Waals surface area contributed by atoms with Gasteiger partial charge >= 0.3 is 5.97 Å². The number of carbonyl (C=O) groups excluding carboxylic acids is 2. The van der Waals surface area contributed by atoms with Gasteiger partial charge in [-0.25, -0.2) is 0 Å². The molecule has 1 aromatic rings. The molecule has 0 aliphatic rings. The Bertz CT molecular complexity index is 391. The fraction of sp³-hybridized carbons (Fsp3) is 0.400. The van der Waals surface area contributed by atoms with Crippen molar-refractivity contribution in [1.29, 1.82) is 0 Å². The van der Waals surface area contributed by atoms with E-state index in [0.717, 1.165) is 0 Å². The van der Waals surface area contributed by atoms with Crippen LogP contribution in [0.15, 0.2) is 12.1 Å². The minimum absolute atomic E-state index is 0.0534. The fourth-order valence-electron chi connectivity index (χ4n) is 1.09. The van der Waals surface area contributed by atoms with Crippen molar-refractivity contribution < 1.29 is 14.3 Å². The van der Waals surface area contributed by atoms with E-state index in [1.807, 2.05) is 0 Å². The Labute approximate surface area is 103 Å². The van der Waals surface area contributed by atoms with E-state index in [2.05, 4.69) is 0 Å². The van der Waals surface area contributed by atoms with Crippen LogP contribution in [0, 0.1) is 0 Å². The smallest absolute Gasteiger partial charge is 0.325 e. The van der Waals surface area contributed by atoms with Gasteiger partial charge in [0.15, 0.2) is 0 Å². The molecule has 0 radical (unpaired) electrons. The fourth-order valence-corrected chi connectivity index (χ4v) is 2.13. The molecule has 0 saturated heterocycles. The Morgan fingerprint density at radius 2 is 2.19 bits per heavy atom. The number of carbonyl (C=O) groups is 2. The van der Waals surface area contributed by atoms with Gasteiger partial charge in [0.2, 0.25) is 0 Å². The summed E-state index contributed by atoms with van der Waals surface area (Å²) in [6.07, 6.45) is 0. The molecular formula is C10H12ClNO3S. The lowest BCUT2D eigenvalue weighted by molar-refractivity contribution is -0.143. The van der Waals surface area contributed by atoms with Crippen LogP contribution < -0.4 is 0 Å². The van der Waals surface area contributed by atoms with E-state index in [0.29, 0.717) is 15.8 Å². The third-order valence-corrected chi connectivity index (χ3v) is 3.02. The number of likely N-dealkylation sites (N-methyl/N-ethyl adjacent to an activating group) is 1. The Morgan fingerprint density at radius 3 is 2.69 bits per heavy atom. The third kappa shape index (κ3) is 3.50. The Morgan fingerprint density at radius 1 is 1.50 bits per heavy atom. The lowest BCUT2D eigenvalue weighted by Gasteiger charge is -2.14. The Balaban J connectivity index is 2.57. The second-order valence-corrected chi connectivity index (χ2v) is 4.79. The van der Waals surface area contributed by atoms with Gasteiger partial charge in [-0.15, -0.1) is 11.3 Å². The van der Waals surface area contributed by atoms with Crippen molar-refractivity contribution in [2.45, 2.75) is 6.92 Å². The molecule has 0 atom stereocenters. The van der Waals surface area contributed by atoms with E-state index in [1.165, 1.54) is 16.2 Å². The van der Waals surface area contributed by atoms with Gasteiger partial charge in [0.25, 0.3) is 5.91 Å². The van der Waals surface area contributed by atoms with E-state index >= 15 is 0 Å². The van der Waals surface area contributed by atoms with E-state index in [9.17, 15) is 9.59 Å². The van der Waals surface area contributed by atoms with E-state index in [-0.39, 0.29) is 12.5 Å². The van der Waals surface area contributed by atoms with Gasteiger partial charge < -0.3 is 9.64 Å². The minimum atomic E-state index is -0.416. The molecule has 1 heterocycles. The van der Waals surface area contributed by atoms with Crippen molar-refractivity contribution >= 4 is 34.8 Å². The van der Waals surface area contributed by atoms with Crippen LogP contribution in [0.5, 0.6) is 0 Å². The molecule has 0 aliphatic heterocycles. The highest BCUT2D eigenvalue weighted by Gasteiger charge is 2.16. The zero-order valence-corrected chi connectivity index (χ0v) is 10.6. The monoisotopic (exact) mass is 261 g/mol. The van der Waals surface area contributed by atoms with Crippen molar-refractivity contribution in [3.8, 4) is 0 Å². The number of esters is 1. The van der Waals surface area contributed by atoms with Crippen molar-refractivity contribution in [3.05, 3.63) is 21.3 Å². The number of hydrogen-bond acceptors (Lipinski definition) is 4. The normalized spacial score (nSPS) is 9.94. The predicted octanol–water partition coefficient (Wildman–Crippen LogP) is 2.04. The summed E-state index contributed by atoms with van der Waals surface area (Å²) < 4.78 is 5.30. The summed E-state index contributed by atoms with van der Waals surface area (Å²) in [6.45, 7) is 1.98. The van der Waals surface area contributed by atoms with Crippen LogP contribution >= 0.6 is 22.9 Å². The maximum Gasteiger partial charge on any atom is 0.325 e. The van der Waals surface area contributed by atoms with Gasteiger partial charge in [-0.05, 0) is 19.1 Å². The number of halogens is 1. The zero-order chi connectivity index (χ0) is 12.1. The van der Waals surface area contributed by atoms with Crippen LogP contribution in [0.25, 0.3) is 0 Å². The quantitative estimate of drug-likeness (QED) is 0.780. The summed E-state index contributed by atoms with van der Waals surface area (Å²) in [5.41, 5.74) is 0. The van der Waals surface area contributed by atoms with E-state index in [4.69, 9.17) is 16.3 Å². The molecular weight excluding hydrogens is 250 g/mol. The van der Waals surface area contributed by atoms with Crippen LogP contribution in [0.4, 0.5) is 0 Å². The molecule has 0 fully saturated rings. The lowest BCUT2D eigenvalue weighted by Crippen LogP contribution is -2.32. The van der Waals surface area contributed by atoms with Crippen LogP contribution in [-0.4, -0.2) is 37.0 Å². The van der Waals surface area contributed by atoms with Gasteiger partial charge in [0.05, 0.1) is 15.8 Å². The first kappa shape index (κ1) is 13.0. The summed E-state index contributed by atoms with van der Waals surface area (Å²) in [5.74, 6) is -0.647. The predicted molar refractivity (Wildman–Crippen MR) is 62.9 cm³/mol. The average molecular weight is 262 g/mol. The molecule has 1 amide bonds. The summed E-state index contributed by atoms with van der Waals surface area (Å²) in [4.78, 5) is 24.7. The highest BCUT2D eigenvalue weighted by Crippen LogP contribution is 2.22. The molecule has 0 saturated carbocycles. The molecule has 0 spiro atoms.